The van der Waals surface area contributed by atoms with Crippen molar-refractivity contribution in [1.82, 2.24) is 0 Å². The first-order chi connectivity index (χ1) is 10.0. The van der Waals surface area contributed by atoms with Crippen LogP contribution in [-0.4, -0.2) is 17.0 Å². The quantitative estimate of drug-likeness (QED) is 0.311. The van der Waals surface area contributed by atoms with Gasteiger partial charge in [-0.3, -0.25) is 4.79 Å². The maximum absolute atomic E-state index is 12.2. The van der Waals surface area contributed by atoms with Crippen LogP contribution in [0.4, 0.5) is 5.69 Å². The van der Waals surface area contributed by atoms with Crippen LogP contribution in [0.5, 0.6) is 0 Å². The highest BCUT2D eigenvalue weighted by atomic mass is 79.9. The zero-order chi connectivity index (χ0) is 15.4. The van der Waals surface area contributed by atoms with E-state index >= 15 is 0 Å². The topological polar surface area (TPSA) is 87.7 Å². The van der Waals surface area contributed by atoms with Crippen LogP contribution in [0.3, 0.4) is 0 Å². The van der Waals surface area contributed by atoms with Gasteiger partial charge in [0.25, 0.3) is 5.91 Å². The van der Waals surface area contributed by atoms with Crippen LogP contribution in [0.2, 0.25) is 0 Å². The number of benzene rings is 2. The van der Waals surface area contributed by atoms with Crippen molar-refractivity contribution < 1.29 is 10.0 Å². The number of amidine groups is 1. The lowest BCUT2D eigenvalue weighted by Gasteiger charge is -2.10. The zero-order valence-electron chi connectivity index (χ0n) is 10.7. The molecule has 0 fully saturated rings. The molecule has 0 atom stereocenters. The molecule has 0 unspecified atom stereocenters. The fourth-order valence-electron chi connectivity index (χ4n) is 1.67. The van der Waals surface area contributed by atoms with Gasteiger partial charge in [0.05, 0.1) is 11.3 Å². The number of hydrogen-bond donors (Lipinski definition) is 3. The molecule has 0 aliphatic heterocycles. The Kier molecular flexibility index (Phi) is 4.98. The molecule has 0 aromatic heterocycles. The second-order valence-electron chi connectivity index (χ2n) is 4.11. The molecular weight excluding hydrogens is 402 g/mol. The van der Waals surface area contributed by atoms with Crippen LogP contribution >= 0.6 is 31.9 Å². The molecule has 108 valence electrons. The molecule has 2 aromatic carbocycles. The van der Waals surface area contributed by atoms with Crippen molar-refractivity contribution in [3.8, 4) is 0 Å². The van der Waals surface area contributed by atoms with E-state index in [9.17, 15) is 4.79 Å². The van der Waals surface area contributed by atoms with Crippen molar-refractivity contribution in [3.63, 3.8) is 0 Å². The van der Waals surface area contributed by atoms with Crippen LogP contribution in [0.1, 0.15) is 15.9 Å². The largest absolute Gasteiger partial charge is 0.409 e. The summed E-state index contributed by atoms with van der Waals surface area (Å²) in [5.74, 6) is -0.237. The molecule has 5 nitrogen and oxygen atoms in total. The van der Waals surface area contributed by atoms with Crippen LogP contribution < -0.4 is 11.1 Å². The van der Waals surface area contributed by atoms with E-state index in [-0.39, 0.29) is 11.7 Å². The van der Waals surface area contributed by atoms with E-state index in [1.165, 1.54) is 0 Å². The molecule has 0 radical (unpaired) electrons. The van der Waals surface area contributed by atoms with Gasteiger partial charge in [-0.1, -0.05) is 17.3 Å². The molecule has 0 aliphatic rings. The fraction of sp³-hybridized carbons (Fsp3) is 0. The van der Waals surface area contributed by atoms with Gasteiger partial charge >= 0.3 is 0 Å². The molecule has 0 saturated carbocycles. The number of oxime groups is 1. The Labute approximate surface area is 138 Å². The van der Waals surface area contributed by atoms with Crippen molar-refractivity contribution in [2.24, 2.45) is 10.9 Å². The first-order valence-corrected chi connectivity index (χ1v) is 7.45. The first-order valence-electron chi connectivity index (χ1n) is 5.86. The summed E-state index contributed by atoms with van der Waals surface area (Å²) in [6.45, 7) is 0. The van der Waals surface area contributed by atoms with Gasteiger partial charge in [0.15, 0.2) is 5.84 Å². The smallest absolute Gasteiger partial charge is 0.256 e. The van der Waals surface area contributed by atoms with E-state index in [1.54, 1.807) is 36.4 Å². The minimum Gasteiger partial charge on any atom is -0.409 e. The van der Waals surface area contributed by atoms with Gasteiger partial charge in [0.1, 0.15) is 0 Å². The summed E-state index contributed by atoms with van der Waals surface area (Å²) in [5.41, 5.74) is 7.18. The van der Waals surface area contributed by atoms with E-state index in [2.05, 4.69) is 42.3 Å². The van der Waals surface area contributed by atoms with Crippen LogP contribution in [0.25, 0.3) is 0 Å². The predicted molar refractivity (Wildman–Crippen MR) is 88.7 cm³/mol. The number of nitrogens with zero attached hydrogens (tertiary/aromatic N) is 1. The lowest BCUT2D eigenvalue weighted by Crippen LogP contribution is -2.15. The summed E-state index contributed by atoms with van der Waals surface area (Å²) in [4.78, 5) is 12.2. The number of hydrogen-bond acceptors (Lipinski definition) is 3. The van der Waals surface area contributed by atoms with Crippen molar-refractivity contribution >= 4 is 49.3 Å². The van der Waals surface area contributed by atoms with Crippen molar-refractivity contribution in [2.75, 3.05) is 5.32 Å². The monoisotopic (exact) mass is 411 g/mol. The second-order valence-corrected chi connectivity index (χ2v) is 5.82. The summed E-state index contributed by atoms with van der Waals surface area (Å²) < 4.78 is 1.35. The molecule has 0 saturated heterocycles. The Bertz CT molecular complexity index is 717. The highest BCUT2D eigenvalue weighted by molar-refractivity contribution is 9.11. The van der Waals surface area contributed by atoms with Gasteiger partial charge in [-0.25, -0.2) is 0 Å². The van der Waals surface area contributed by atoms with E-state index in [4.69, 9.17) is 10.9 Å². The Morgan fingerprint density at radius 3 is 2.48 bits per heavy atom. The van der Waals surface area contributed by atoms with E-state index in [0.717, 1.165) is 0 Å². The summed E-state index contributed by atoms with van der Waals surface area (Å²) in [7, 11) is 0. The third-order valence-electron chi connectivity index (χ3n) is 2.74. The van der Waals surface area contributed by atoms with E-state index in [0.29, 0.717) is 25.8 Å². The molecule has 0 aliphatic carbocycles. The predicted octanol–water partition coefficient (Wildman–Crippen LogP) is 3.56. The zero-order valence-corrected chi connectivity index (χ0v) is 13.8. The molecule has 2 aromatic rings. The van der Waals surface area contributed by atoms with Gasteiger partial charge in [-0.05, 0) is 62.2 Å². The van der Waals surface area contributed by atoms with Crippen molar-refractivity contribution in [2.45, 2.75) is 0 Å². The normalized spacial score (nSPS) is 11.2. The van der Waals surface area contributed by atoms with Crippen molar-refractivity contribution in [3.05, 3.63) is 62.5 Å². The maximum atomic E-state index is 12.2. The minimum atomic E-state index is -0.236. The average molecular weight is 413 g/mol. The highest BCUT2D eigenvalue weighted by Gasteiger charge is 2.12. The standard InChI is InChI=1S/C14H11Br2N3O2/c15-10-4-2-1-3-9(10)14(20)18-12-6-5-8(7-11(12)16)13(17)19-21/h1-7,21H,(H2,17,19)(H,18,20). The maximum Gasteiger partial charge on any atom is 0.256 e. The molecule has 4 N–H and O–H groups in total. The van der Waals surface area contributed by atoms with Crippen molar-refractivity contribution in [1.29, 1.82) is 0 Å². The lowest BCUT2D eigenvalue weighted by molar-refractivity contribution is 0.102. The van der Waals surface area contributed by atoms with E-state index in [1.807, 2.05) is 6.07 Å². The van der Waals surface area contributed by atoms with Gasteiger partial charge in [0, 0.05) is 14.5 Å². The molecule has 0 bridgehead atoms. The number of halogens is 2. The number of rotatable bonds is 3. The van der Waals surface area contributed by atoms with Gasteiger partial charge < -0.3 is 16.3 Å². The van der Waals surface area contributed by atoms with Gasteiger partial charge in [-0.2, -0.15) is 0 Å². The Balaban J connectivity index is 2.25. The number of nitrogens with two attached hydrogens (primary N) is 1. The SMILES string of the molecule is N/C(=N/O)c1ccc(NC(=O)c2ccccc2Br)c(Br)c1. The number of carbonyl (C=O) groups excluding carboxylic acids is 1. The van der Waals surface area contributed by atoms with Crippen LogP contribution in [-0.2, 0) is 0 Å². The number of nitrogens with one attached hydrogen (secondary N) is 1. The summed E-state index contributed by atoms with van der Waals surface area (Å²) in [5, 5.41) is 14.4. The number of carbonyl (C=O) groups is 1. The summed E-state index contributed by atoms with van der Waals surface area (Å²) in [6, 6.07) is 12.1. The highest BCUT2D eigenvalue weighted by Crippen LogP contribution is 2.25. The third kappa shape index (κ3) is 3.62. The molecule has 1 amide bonds. The molecule has 7 heteroatoms. The molecule has 21 heavy (non-hydrogen) atoms. The number of amides is 1. The number of anilines is 1. The van der Waals surface area contributed by atoms with Crippen LogP contribution in [0.15, 0.2) is 56.6 Å². The van der Waals surface area contributed by atoms with Gasteiger partial charge in [0.2, 0.25) is 0 Å². The first kappa shape index (κ1) is 15.5. The Morgan fingerprint density at radius 1 is 1.14 bits per heavy atom. The average Bonchev–Trinajstić information content (AvgIpc) is 2.48. The van der Waals surface area contributed by atoms with Crippen LogP contribution in [0, 0.1) is 0 Å². The Hall–Kier alpha value is -1.86. The molecule has 0 spiro atoms. The third-order valence-corrected chi connectivity index (χ3v) is 4.09. The Morgan fingerprint density at radius 2 is 1.86 bits per heavy atom. The fourth-order valence-corrected chi connectivity index (χ4v) is 2.61. The molecule has 2 rings (SSSR count). The lowest BCUT2D eigenvalue weighted by atomic mass is 10.1. The van der Waals surface area contributed by atoms with E-state index < -0.39 is 0 Å². The minimum absolute atomic E-state index is 0.000574. The molecule has 0 heterocycles. The summed E-state index contributed by atoms with van der Waals surface area (Å²) in [6.07, 6.45) is 0. The summed E-state index contributed by atoms with van der Waals surface area (Å²) >= 11 is 6.68. The molecular formula is C14H11Br2N3O2. The van der Waals surface area contributed by atoms with Gasteiger partial charge in [-0.15, -0.1) is 0 Å². The second kappa shape index (κ2) is 6.73.